The topological polar surface area (TPSA) is 99.5 Å². The number of hydrogen-bond acceptors (Lipinski definition) is 5. The Labute approximate surface area is 148 Å². The standard InChI is InChI=1S/C17H23N3O4S/c1-2-24-15-5-3-12-20(13-15)17(21)14-6-8-16(9-7-14)25(22,23)19-11-4-10-18/h6-9,15,19H,2-5,11-13H2,1H3/t15-/m0/s1. The average Bonchev–Trinajstić information content (AvgIpc) is 2.62. The van der Waals surface area contributed by atoms with Gasteiger partial charge < -0.3 is 9.64 Å². The first-order valence-electron chi connectivity index (χ1n) is 8.35. The molecule has 1 aliphatic heterocycles. The number of amides is 1. The highest BCUT2D eigenvalue weighted by atomic mass is 32.2. The molecule has 1 saturated heterocycles. The van der Waals surface area contributed by atoms with E-state index >= 15 is 0 Å². The van der Waals surface area contributed by atoms with Crippen LogP contribution in [-0.4, -0.2) is 51.6 Å². The van der Waals surface area contributed by atoms with Crippen LogP contribution in [0.1, 0.15) is 36.5 Å². The third-order valence-corrected chi connectivity index (χ3v) is 5.49. The maximum Gasteiger partial charge on any atom is 0.253 e. The molecule has 1 aliphatic rings. The average molecular weight is 365 g/mol. The summed E-state index contributed by atoms with van der Waals surface area (Å²) in [6, 6.07) is 7.73. The molecule has 25 heavy (non-hydrogen) atoms. The Morgan fingerprint density at radius 3 is 2.76 bits per heavy atom. The zero-order valence-electron chi connectivity index (χ0n) is 14.3. The second-order valence-electron chi connectivity index (χ2n) is 5.80. The van der Waals surface area contributed by atoms with Crippen molar-refractivity contribution in [2.45, 2.75) is 37.2 Å². The Morgan fingerprint density at radius 2 is 2.12 bits per heavy atom. The largest absolute Gasteiger partial charge is 0.377 e. The normalized spacial score (nSPS) is 17.9. The summed E-state index contributed by atoms with van der Waals surface area (Å²) in [6.45, 7) is 3.86. The Kier molecular flexibility index (Phi) is 6.93. The summed E-state index contributed by atoms with van der Waals surface area (Å²) in [6.07, 6.45) is 2.01. The van der Waals surface area contributed by atoms with E-state index < -0.39 is 10.0 Å². The number of hydrogen-bond donors (Lipinski definition) is 1. The van der Waals surface area contributed by atoms with Crippen LogP contribution in [0.5, 0.6) is 0 Å². The van der Waals surface area contributed by atoms with E-state index in [0.29, 0.717) is 25.3 Å². The SMILES string of the molecule is CCO[C@H]1CCCN(C(=O)c2ccc(S(=O)(=O)NCCC#N)cc2)C1. The molecule has 0 radical (unpaired) electrons. The summed E-state index contributed by atoms with van der Waals surface area (Å²) in [5.41, 5.74) is 0.452. The van der Waals surface area contributed by atoms with Crippen molar-refractivity contribution in [3.63, 3.8) is 0 Å². The molecular formula is C17H23N3O4S. The van der Waals surface area contributed by atoms with Crippen LogP contribution in [0, 0.1) is 11.3 Å². The summed E-state index contributed by atoms with van der Waals surface area (Å²) in [5.74, 6) is -0.120. The predicted molar refractivity (Wildman–Crippen MR) is 92.4 cm³/mol. The van der Waals surface area contributed by atoms with E-state index in [1.165, 1.54) is 24.3 Å². The van der Waals surface area contributed by atoms with Gasteiger partial charge in [-0.1, -0.05) is 0 Å². The van der Waals surface area contributed by atoms with Crippen molar-refractivity contribution >= 4 is 15.9 Å². The fourth-order valence-corrected chi connectivity index (χ4v) is 3.81. The predicted octanol–water partition coefficient (Wildman–Crippen LogP) is 1.52. The molecule has 1 aromatic rings. The molecule has 0 aliphatic carbocycles. The summed E-state index contributed by atoms with van der Waals surface area (Å²) < 4.78 is 32.1. The number of likely N-dealkylation sites (tertiary alicyclic amines) is 1. The van der Waals surface area contributed by atoms with Gasteiger partial charge in [0.25, 0.3) is 5.91 Å². The van der Waals surface area contributed by atoms with Gasteiger partial charge >= 0.3 is 0 Å². The van der Waals surface area contributed by atoms with Gasteiger partial charge in [0.1, 0.15) is 0 Å². The van der Waals surface area contributed by atoms with Crippen molar-refractivity contribution < 1.29 is 17.9 Å². The Balaban J connectivity index is 2.04. The summed E-state index contributed by atoms with van der Waals surface area (Å²) in [4.78, 5) is 14.4. The summed E-state index contributed by atoms with van der Waals surface area (Å²) in [7, 11) is -3.66. The van der Waals surface area contributed by atoms with E-state index in [1.807, 2.05) is 13.0 Å². The van der Waals surface area contributed by atoms with Crippen molar-refractivity contribution in [2.75, 3.05) is 26.2 Å². The van der Waals surface area contributed by atoms with E-state index in [1.54, 1.807) is 4.90 Å². The minimum absolute atomic E-state index is 0.0616. The van der Waals surface area contributed by atoms with Crippen molar-refractivity contribution in [1.29, 1.82) is 5.26 Å². The number of sulfonamides is 1. The van der Waals surface area contributed by atoms with E-state index in [9.17, 15) is 13.2 Å². The second kappa shape index (κ2) is 8.94. The van der Waals surface area contributed by atoms with Gasteiger partial charge in [-0.05, 0) is 44.0 Å². The number of carbonyl (C=O) groups is 1. The zero-order chi connectivity index (χ0) is 18.3. The van der Waals surface area contributed by atoms with Crippen molar-refractivity contribution in [2.24, 2.45) is 0 Å². The van der Waals surface area contributed by atoms with Gasteiger partial charge in [-0.25, -0.2) is 13.1 Å². The first kappa shape index (κ1) is 19.4. The Hall–Kier alpha value is -1.95. The number of nitrogens with one attached hydrogen (secondary N) is 1. The number of rotatable bonds is 7. The minimum Gasteiger partial charge on any atom is -0.377 e. The highest BCUT2D eigenvalue weighted by Gasteiger charge is 2.25. The number of ether oxygens (including phenoxy) is 1. The van der Waals surface area contributed by atoms with Gasteiger partial charge in [0.2, 0.25) is 10.0 Å². The lowest BCUT2D eigenvalue weighted by molar-refractivity contribution is 0.00724. The number of piperidine rings is 1. The van der Waals surface area contributed by atoms with Crippen LogP contribution in [0.15, 0.2) is 29.2 Å². The highest BCUT2D eigenvalue weighted by molar-refractivity contribution is 7.89. The molecule has 136 valence electrons. The van der Waals surface area contributed by atoms with Gasteiger partial charge in [-0.2, -0.15) is 5.26 Å². The maximum absolute atomic E-state index is 12.6. The molecule has 0 saturated carbocycles. The quantitative estimate of drug-likeness (QED) is 0.739. The zero-order valence-corrected chi connectivity index (χ0v) is 15.1. The number of carbonyl (C=O) groups excluding carboxylic acids is 1. The molecule has 1 N–H and O–H groups in total. The lowest BCUT2D eigenvalue weighted by Crippen LogP contribution is -2.43. The highest BCUT2D eigenvalue weighted by Crippen LogP contribution is 2.17. The molecule has 0 aromatic heterocycles. The number of benzene rings is 1. The molecule has 1 amide bonds. The lowest BCUT2D eigenvalue weighted by Gasteiger charge is -2.32. The molecule has 0 spiro atoms. The van der Waals surface area contributed by atoms with E-state index in [0.717, 1.165) is 12.8 Å². The third kappa shape index (κ3) is 5.26. The van der Waals surface area contributed by atoms with Crippen LogP contribution in [-0.2, 0) is 14.8 Å². The molecule has 1 fully saturated rings. The third-order valence-electron chi connectivity index (χ3n) is 4.01. The molecule has 0 unspecified atom stereocenters. The van der Waals surface area contributed by atoms with E-state index in [2.05, 4.69) is 4.72 Å². The van der Waals surface area contributed by atoms with Crippen molar-refractivity contribution in [3.05, 3.63) is 29.8 Å². The van der Waals surface area contributed by atoms with Crippen molar-refractivity contribution in [1.82, 2.24) is 9.62 Å². The minimum atomic E-state index is -3.66. The number of nitriles is 1. The fraction of sp³-hybridized carbons (Fsp3) is 0.529. The van der Waals surface area contributed by atoms with E-state index in [-0.39, 0.29) is 29.9 Å². The molecule has 1 heterocycles. The smallest absolute Gasteiger partial charge is 0.253 e. The summed E-state index contributed by atoms with van der Waals surface area (Å²) in [5, 5.41) is 8.47. The molecule has 2 rings (SSSR count). The molecule has 8 heteroatoms. The first-order chi connectivity index (χ1) is 12.0. The van der Waals surface area contributed by atoms with Crippen LogP contribution in [0.3, 0.4) is 0 Å². The Morgan fingerprint density at radius 1 is 1.40 bits per heavy atom. The van der Waals surface area contributed by atoms with Crippen LogP contribution in [0.2, 0.25) is 0 Å². The van der Waals surface area contributed by atoms with Gasteiger partial charge in [0.15, 0.2) is 0 Å². The monoisotopic (exact) mass is 365 g/mol. The Bertz CT molecular complexity index is 723. The van der Waals surface area contributed by atoms with Gasteiger partial charge in [0.05, 0.1) is 17.1 Å². The van der Waals surface area contributed by atoms with Crippen LogP contribution < -0.4 is 4.72 Å². The maximum atomic E-state index is 12.6. The van der Waals surface area contributed by atoms with Gasteiger partial charge in [-0.15, -0.1) is 0 Å². The van der Waals surface area contributed by atoms with Crippen LogP contribution in [0.4, 0.5) is 0 Å². The molecule has 1 atom stereocenters. The van der Waals surface area contributed by atoms with Crippen LogP contribution in [0.25, 0.3) is 0 Å². The summed E-state index contributed by atoms with van der Waals surface area (Å²) >= 11 is 0. The van der Waals surface area contributed by atoms with E-state index in [4.69, 9.17) is 10.00 Å². The molecule has 7 nitrogen and oxygen atoms in total. The molecule has 1 aromatic carbocycles. The van der Waals surface area contributed by atoms with Crippen molar-refractivity contribution in [3.8, 4) is 6.07 Å². The molecular weight excluding hydrogens is 342 g/mol. The fourth-order valence-electron chi connectivity index (χ4n) is 2.78. The second-order valence-corrected chi connectivity index (χ2v) is 7.57. The lowest BCUT2D eigenvalue weighted by atomic mass is 10.1. The van der Waals surface area contributed by atoms with Gasteiger partial charge in [0, 0.05) is 38.2 Å². The van der Waals surface area contributed by atoms with Crippen LogP contribution >= 0.6 is 0 Å². The first-order valence-corrected chi connectivity index (χ1v) is 9.83. The molecule has 0 bridgehead atoms. The number of nitrogens with zero attached hydrogens (tertiary/aromatic N) is 2. The van der Waals surface area contributed by atoms with Gasteiger partial charge in [-0.3, -0.25) is 4.79 Å².